The van der Waals surface area contributed by atoms with Crippen molar-refractivity contribution in [2.75, 3.05) is 6.54 Å². The van der Waals surface area contributed by atoms with Crippen LogP contribution in [0.2, 0.25) is 0 Å². The molecule has 0 aromatic carbocycles. The number of nitrogens with zero attached hydrogens (tertiary/aromatic N) is 1. The lowest BCUT2D eigenvalue weighted by Gasteiger charge is -2.52. The van der Waals surface area contributed by atoms with Gasteiger partial charge in [-0.1, -0.05) is 50.5 Å². The molecule has 16 heavy (non-hydrogen) atoms. The lowest BCUT2D eigenvalue weighted by molar-refractivity contribution is 0.0224. The molecule has 0 amide bonds. The zero-order valence-electron chi connectivity index (χ0n) is 11.8. The normalized spacial score (nSPS) is 30.2. The van der Waals surface area contributed by atoms with Gasteiger partial charge in [-0.05, 0) is 38.0 Å². The standard InChI is InChI=1S/C13H29NP2/c1-12(2,3)10-8-7-9-14(16-15)11(10)13(4,5)6/h10-11,16H,7-9,15H2,1-6H3. The van der Waals surface area contributed by atoms with E-state index >= 15 is 0 Å². The summed E-state index contributed by atoms with van der Waals surface area (Å²) in [6.07, 6.45) is 2.77. The molecule has 0 bridgehead atoms. The van der Waals surface area contributed by atoms with Crippen LogP contribution in [0, 0.1) is 16.7 Å². The fraction of sp³-hybridized carbons (Fsp3) is 1.00. The summed E-state index contributed by atoms with van der Waals surface area (Å²) in [5.41, 5.74) is 0.822. The Labute approximate surface area is 106 Å². The Morgan fingerprint density at radius 3 is 2.00 bits per heavy atom. The number of hydrogen-bond acceptors (Lipinski definition) is 1. The van der Waals surface area contributed by atoms with Crippen LogP contribution in [0.15, 0.2) is 0 Å². The molecule has 96 valence electrons. The number of piperidine rings is 1. The van der Waals surface area contributed by atoms with E-state index in [1.54, 1.807) is 0 Å². The van der Waals surface area contributed by atoms with Crippen LogP contribution in [0.4, 0.5) is 0 Å². The molecule has 4 atom stereocenters. The van der Waals surface area contributed by atoms with E-state index in [4.69, 9.17) is 0 Å². The van der Waals surface area contributed by atoms with Gasteiger partial charge < -0.3 is 0 Å². The maximum atomic E-state index is 2.94. The predicted molar refractivity (Wildman–Crippen MR) is 80.2 cm³/mol. The molecule has 1 aliphatic heterocycles. The van der Waals surface area contributed by atoms with Gasteiger partial charge in [0.05, 0.1) is 0 Å². The maximum Gasteiger partial charge on any atom is 0.0216 e. The van der Waals surface area contributed by atoms with Gasteiger partial charge in [0.1, 0.15) is 0 Å². The van der Waals surface area contributed by atoms with Gasteiger partial charge in [0.25, 0.3) is 0 Å². The highest BCUT2D eigenvalue weighted by molar-refractivity contribution is 8.01. The summed E-state index contributed by atoms with van der Waals surface area (Å²) in [7, 11) is 3.82. The molecule has 1 heterocycles. The molecule has 1 aliphatic rings. The van der Waals surface area contributed by atoms with Crippen LogP contribution in [-0.4, -0.2) is 17.3 Å². The molecule has 0 aliphatic carbocycles. The van der Waals surface area contributed by atoms with Gasteiger partial charge in [0, 0.05) is 12.6 Å². The molecular formula is C13H29NP2. The second-order valence-corrected chi connectivity index (χ2v) is 8.86. The lowest BCUT2D eigenvalue weighted by Crippen LogP contribution is -2.52. The van der Waals surface area contributed by atoms with Gasteiger partial charge in [0.2, 0.25) is 0 Å². The molecule has 0 radical (unpaired) electrons. The summed E-state index contributed by atoms with van der Waals surface area (Å²) >= 11 is 0. The highest BCUT2D eigenvalue weighted by atomic mass is 32.0. The van der Waals surface area contributed by atoms with Gasteiger partial charge in [-0.2, -0.15) is 0 Å². The average Bonchev–Trinajstić information content (AvgIpc) is 2.13. The van der Waals surface area contributed by atoms with Gasteiger partial charge >= 0.3 is 0 Å². The minimum Gasteiger partial charge on any atom is -0.277 e. The van der Waals surface area contributed by atoms with Crippen molar-refractivity contribution in [1.82, 2.24) is 4.67 Å². The SMILES string of the molecule is CC(C)(C)C1CCCN(PP)C1C(C)(C)C. The highest BCUT2D eigenvalue weighted by Crippen LogP contribution is 2.49. The topological polar surface area (TPSA) is 3.24 Å². The molecule has 0 N–H and O–H groups in total. The van der Waals surface area contributed by atoms with Crippen LogP contribution in [0.5, 0.6) is 0 Å². The first-order valence-electron chi connectivity index (χ1n) is 6.41. The van der Waals surface area contributed by atoms with Crippen molar-refractivity contribution in [3.05, 3.63) is 0 Å². The fourth-order valence-electron chi connectivity index (χ4n) is 3.12. The van der Waals surface area contributed by atoms with Gasteiger partial charge in [-0.3, -0.25) is 4.67 Å². The summed E-state index contributed by atoms with van der Waals surface area (Å²) in [6.45, 7) is 15.7. The Hall–Kier alpha value is 0.820. The fourth-order valence-corrected chi connectivity index (χ4v) is 5.00. The second-order valence-electron chi connectivity index (χ2n) is 7.25. The monoisotopic (exact) mass is 261 g/mol. The first-order chi connectivity index (χ1) is 7.18. The van der Waals surface area contributed by atoms with Crippen molar-refractivity contribution in [2.24, 2.45) is 16.7 Å². The van der Waals surface area contributed by atoms with Crippen LogP contribution >= 0.6 is 17.3 Å². The smallest absolute Gasteiger partial charge is 0.0216 e. The molecule has 0 saturated carbocycles. The van der Waals surface area contributed by atoms with Crippen LogP contribution in [0.25, 0.3) is 0 Å². The van der Waals surface area contributed by atoms with E-state index in [9.17, 15) is 0 Å². The van der Waals surface area contributed by atoms with Crippen LogP contribution in [-0.2, 0) is 0 Å². The molecule has 0 spiro atoms. The van der Waals surface area contributed by atoms with E-state index in [0.717, 1.165) is 20.4 Å². The van der Waals surface area contributed by atoms with Crippen molar-refractivity contribution < 1.29 is 0 Å². The summed E-state index contributed by atoms with van der Waals surface area (Å²) in [6, 6.07) is 0.733. The van der Waals surface area contributed by atoms with Crippen LogP contribution in [0.1, 0.15) is 54.4 Å². The Bertz CT molecular complexity index is 227. The van der Waals surface area contributed by atoms with E-state index < -0.39 is 0 Å². The quantitative estimate of drug-likeness (QED) is 0.626. The molecule has 1 rings (SSSR count). The molecule has 0 aromatic heterocycles. The van der Waals surface area contributed by atoms with E-state index in [-0.39, 0.29) is 0 Å². The third kappa shape index (κ3) is 3.41. The zero-order chi connectivity index (χ0) is 12.6. The summed E-state index contributed by atoms with van der Waals surface area (Å²) in [4.78, 5) is 0. The van der Waals surface area contributed by atoms with E-state index in [1.807, 2.05) is 0 Å². The van der Waals surface area contributed by atoms with Crippen molar-refractivity contribution in [3.8, 4) is 0 Å². The summed E-state index contributed by atoms with van der Waals surface area (Å²) in [5, 5.41) is 0. The average molecular weight is 261 g/mol. The Kier molecular flexibility index (Phi) is 4.85. The van der Waals surface area contributed by atoms with Gasteiger partial charge in [-0.15, -0.1) is 0 Å². The maximum absolute atomic E-state index is 2.94. The molecule has 1 saturated heterocycles. The summed E-state index contributed by atoms with van der Waals surface area (Å²) in [5.74, 6) is 0.828. The van der Waals surface area contributed by atoms with Crippen molar-refractivity contribution in [2.45, 2.75) is 60.4 Å². The highest BCUT2D eigenvalue weighted by Gasteiger charge is 2.43. The largest absolute Gasteiger partial charge is 0.277 e. The molecule has 3 heteroatoms. The first kappa shape index (κ1) is 14.9. The predicted octanol–water partition coefficient (Wildman–Crippen LogP) is 4.54. The Balaban J connectivity index is 2.97. The van der Waals surface area contributed by atoms with Gasteiger partial charge in [-0.25, -0.2) is 0 Å². The Morgan fingerprint density at radius 1 is 1.06 bits per heavy atom. The van der Waals surface area contributed by atoms with E-state index in [1.165, 1.54) is 19.4 Å². The molecule has 4 unspecified atom stereocenters. The minimum atomic E-state index is 0.391. The first-order valence-corrected chi connectivity index (χ1v) is 9.16. The number of hydrogen-bond donors (Lipinski definition) is 0. The molecule has 1 fully saturated rings. The Morgan fingerprint density at radius 2 is 1.62 bits per heavy atom. The van der Waals surface area contributed by atoms with Crippen molar-refractivity contribution in [1.29, 1.82) is 0 Å². The lowest BCUT2D eigenvalue weighted by atomic mass is 9.65. The third-order valence-electron chi connectivity index (χ3n) is 3.80. The third-order valence-corrected chi connectivity index (χ3v) is 5.62. The van der Waals surface area contributed by atoms with Crippen molar-refractivity contribution >= 4 is 17.3 Å². The zero-order valence-corrected chi connectivity index (χ0v) is 14.0. The minimum absolute atomic E-state index is 0.391. The number of rotatable bonds is 1. The second kappa shape index (κ2) is 5.21. The van der Waals surface area contributed by atoms with E-state index in [0.29, 0.717) is 10.8 Å². The van der Waals surface area contributed by atoms with Gasteiger partial charge in [0.15, 0.2) is 0 Å². The molecule has 0 aromatic rings. The van der Waals surface area contributed by atoms with Crippen LogP contribution in [0.3, 0.4) is 0 Å². The summed E-state index contributed by atoms with van der Waals surface area (Å²) < 4.78 is 2.70. The molecule has 1 nitrogen and oxygen atoms in total. The van der Waals surface area contributed by atoms with E-state index in [2.05, 4.69) is 55.1 Å². The van der Waals surface area contributed by atoms with Crippen LogP contribution < -0.4 is 0 Å². The van der Waals surface area contributed by atoms with Crippen molar-refractivity contribution in [3.63, 3.8) is 0 Å². The molecular weight excluding hydrogens is 232 g/mol.